The molecule has 19 heavy (non-hydrogen) atoms. The van der Waals surface area contributed by atoms with Gasteiger partial charge in [0.05, 0.1) is 10.5 Å². The van der Waals surface area contributed by atoms with E-state index in [0.717, 1.165) is 11.1 Å². The summed E-state index contributed by atoms with van der Waals surface area (Å²) in [5.41, 5.74) is 7.98. The van der Waals surface area contributed by atoms with Gasteiger partial charge in [0.2, 0.25) is 0 Å². The highest BCUT2D eigenvalue weighted by Crippen LogP contribution is 2.19. The largest absolute Gasteiger partial charge is 0.391 e. The van der Waals surface area contributed by atoms with Crippen molar-refractivity contribution in [2.75, 3.05) is 0 Å². The molecular formula is C15H22N2OS. The summed E-state index contributed by atoms with van der Waals surface area (Å²) in [5, 5.41) is 3.01. The Balaban J connectivity index is 3.08. The first-order valence-electron chi connectivity index (χ1n) is 6.56. The predicted molar refractivity (Wildman–Crippen MR) is 83.5 cm³/mol. The van der Waals surface area contributed by atoms with Gasteiger partial charge in [-0.15, -0.1) is 0 Å². The monoisotopic (exact) mass is 278 g/mol. The van der Waals surface area contributed by atoms with Crippen LogP contribution in [0.3, 0.4) is 0 Å². The van der Waals surface area contributed by atoms with Crippen molar-refractivity contribution in [1.29, 1.82) is 0 Å². The second kappa shape index (κ2) is 6.15. The van der Waals surface area contributed by atoms with Crippen LogP contribution in [0.25, 0.3) is 0 Å². The van der Waals surface area contributed by atoms with Crippen LogP contribution in [0.5, 0.6) is 0 Å². The first-order valence-corrected chi connectivity index (χ1v) is 6.97. The maximum atomic E-state index is 12.4. The Kier molecular flexibility index (Phi) is 5.06. The molecule has 3 N–H and O–H groups in total. The summed E-state index contributed by atoms with van der Waals surface area (Å²) in [6.45, 7) is 7.90. The maximum absolute atomic E-state index is 12.4. The SMILES string of the molecule is CCC(CC)(NC(=O)c1cccc(C)c1C)C(N)=S. The maximum Gasteiger partial charge on any atom is 0.252 e. The van der Waals surface area contributed by atoms with Crippen molar-refractivity contribution in [3.63, 3.8) is 0 Å². The molecule has 0 aromatic heterocycles. The molecule has 0 unspecified atom stereocenters. The molecule has 0 aliphatic carbocycles. The van der Waals surface area contributed by atoms with E-state index in [9.17, 15) is 4.79 Å². The molecule has 0 aliphatic rings. The topological polar surface area (TPSA) is 55.1 Å². The molecule has 1 aromatic rings. The van der Waals surface area contributed by atoms with Crippen molar-refractivity contribution >= 4 is 23.1 Å². The number of rotatable bonds is 5. The number of carbonyl (C=O) groups is 1. The third-order valence-corrected chi connectivity index (χ3v) is 4.27. The zero-order valence-electron chi connectivity index (χ0n) is 12.0. The molecule has 4 heteroatoms. The molecule has 1 aromatic carbocycles. The average Bonchev–Trinajstić information content (AvgIpc) is 2.38. The lowest BCUT2D eigenvalue weighted by atomic mass is 9.91. The summed E-state index contributed by atoms with van der Waals surface area (Å²) in [4.78, 5) is 12.8. The highest BCUT2D eigenvalue weighted by Gasteiger charge is 2.31. The molecule has 0 saturated heterocycles. The summed E-state index contributed by atoms with van der Waals surface area (Å²) >= 11 is 5.12. The second-order valence-electron chi connectivity index (χ2n) is 4.86. The van der Waals surface area contributed by atoms with Gasteiger partial charge < -0.3 is 11.1 Å². The normalized spacial score (nSPS) is 11.2. The predicted octanol–water partition coefficient (Wildman–Crippen LogP) is 2.88. The van der Waals surface area contributed by atoms with E-state index in [-0.39, 0.29) is 5.91 Å². The number of aryl methyl sites for hydroxylation is 1. The summed E-state index contributed by atoms with van der Waals surface area (Å²) in [6.07, 6.45) is 1.38. The fourth-order valence-corrected chi connectivity index (χ4v) is 2.46. The van der Waals surface area contributed by atoms with Crippen LogP contribution in [0.15, 0.2) is 18.2 Å². The molecule has 0 bridgehead atoms. The molecule has 0 fully saturated rings. The van der Waals surface area contributed by atoms with Crippen molar-refractivity contribution in [3.8, 4) is 0 Å². The van der Waals surface area contributed by atoms with Gasteiger partial charge >= 0.3 is 0 Å². The zero-order chi connectivity index (χ0) is 14.6. The van der Waals surface area contributed by atoms with Crippen LogP contribution < -0.4 is 11.1 Å². The van der Waals surface area contributed by atoms with Gasteiger partial charge in [-0.05, 0) is 43.9 Å². The highest BCUT2D eigenvalue weighted by atomic mass is 32.1. The molecule has 0 atom stereocenters. The molecule has 1 amide bonds. The van der Waals surface area contributed by atoms with Crippen LogP contribution in [0.1, 0.15) is 48.2 Å². The molecular weight excluding hydrogens is 256 g/mol. The van der Waals surface area contributed by atoms with Gasteiger partial charge in [-0.2, -0.15) is 0 Å². The van der Waals surface area contributed by atoms with Gasteiger partial charge in [0.25, 0.3) is 5.91 Å². The number of hydrogen-bond donors (Lipinski definition) is 2. The van der Waals surface area contributed by atoms with E-state index < -0.39 is 5.54 Å². The quantitative estimate of drug-likeness (QED) is 0.814. The van der Waals surface area contributed by atoms with E-state index in [4.69, 9.17) is 18.0 Å². The minimum Gasteiger partial charge on any atom is -0.391 e. The van der Waals surface area contributed by atoms with Crippen LogP contribution in [-0.2, 0) is 0 Å². The van der Waals surface area contributed by atoms with E-state index in [1.54, 1.807) is 0 Å². The van der Waals surface area contributed by atoms with Gasteiger partial charge in [0.1, 0.15) is 0 Å². The lowest BCUT2D eigenvalue weighted by molar-refractivity contribution is 0.0919. The average molecular weight is 278 g/mol. The third kappa shape index (κ3) is 3.13. The molecule has 0 saturated carbocycles. The van der Waals surface area contributed by atoms with Crippen LogP contribution >= 0.6 is 12.2 Å². The summed E-state index contributed by atoms with van der Waals surface area (Å²) in [7, 11) is 0. The van der Waals surface area contributed by atoms with Crippen molar-refractivity contribution in [1.82, 2.24) is 5.32 Å². The Morgan fingerprint density at radius 1 is 1.32 bits per heavy atom. The Bertz CT molecular complexity index is 493. The molecule has 0 spiro atoms. The molecule has 0 heterocycles. The van der Waals surface area contributed by atoms with Crippen LogP contribution in [0.4, 0.5) is 0 Å². The smallest absolute Gasteiger partial charge is 0.252 e. The minimum absolute atomic E-state index is 0.113. The summed E-state index contributed by atoms with van der Waals surface area (Å²) in [6, 6.07) is 5.71. The standard InChI is InChI=1S/C15H22N2OS/c1-5-15(6-2,14(16)19)17-13(18)12-9-7-8-10(3)11(12)4/h7-9H,5-6H2,1-4H3,(H2,16,19)(H,17,18). The Morgan fingerprint density at radius 2 is 1.89 bits per heavy atom. The van der Waals surface area contributed by atoms with E-state index in [2.05, 4.69) is 5.32 Å². The number of hydrogen-bond acceptors (Lipinski definition) is 2. The number of carbonyl (C=O) groups excluding carboxylic acids is 1. The lowest BCUT2D eigenvalue weighted by Gasteiger charge is -2.32. The first kappa shape index (κ1) is 15.6. The van der Waals surface area contributed by atoms with Crippen molar-refractivity contribution in [2.45, 2.75) is 46.1 Å². The van der Waals surface area contributed by atoms with Gasteiger partial charge in [-0.1, -0.05) is 38.2 Å². The molecule has 104 valence electrons. The van der Waals surface area contributed by atoms with E-state index in [1.807, 2.05) is 45.9 Å². The van der Waals surface area contributed by atoms with Crippen molar-refractivity contribution in [3.05, 3.63) is 34.9 Å². The Hall–Kier alpha value is -1.42. The third-order valence-electron chi connectivity index (χ3n) is 3.88. The fraction of sp³-hybridized carbons (Fsp3) is 0.467. The van der Waals surface area contributed by atoms with Crippen molar-refractivity contribution in [2.24, 2.45) is 5.73 Å². The summed E-state index contributed by atoms with van der Waals surface area (Å²) < 4.78 is 0. The number of thiocarbonyl (C=S) groups is 1. The number of benzene rings is 1. The van der Waals surface area contributed by atoms with E-state index in [1.165, 1.54) is 0 Å². The van der Waals surface area contributed by atoms with E-state index >= 15 is 0 Å². The lowest BCUT2D eigenvalue weighted by Crippen LogP contribution is -2.56. The molecule has 3 nitrogen and oxygen atoms in total. The molecule has 0 aliphatic heterocycles. The fourth-order valence-electron chi connectivity index (χ4n) is 2.12. The van der Waals surface area contributed by atoms with Gasteiger partial charge in [-0.3, -0.25) is 4.79 Å². The molecule has 0 radical (unpaired) electrons. The number of nitrogens with two attached hydrogens (primary N) is 1. The second-order valence-corrected chi connectivity index (χ2v) is 5.29. The highest BCUT2D eigenvalue weighted by molar-refractivity contribution is 7.80. The van der Waals surface area contributed by atoms with Crippen LogP contribution in [0.2, 0.25) is 0 Å². The molecule has 1 rings (SSSR count). The van der Waals surface area contributed by atoms with Crippen LogP contribution in [-0.4, -0.2) is 16.4 Å². The van der Waals surface area contributed by atoms with Gasteiger partial charge in [0, 0.05) is 5.56 Å². The Labute approximate surface area is 120 Å². The van der Waals surface area contributed by atoms with Gasteiger partial charge in [-0.25, -0.2) is 0 Å². The number of nitrogens with one attached hydrogen (secondary N) is 1. The van der Waals surface area contributed by atoms with Crippen molar-refractivity contribution < 1.29 is 4.79 Å². The minimum atomic E-state index is -0.595. The Morgan fingerprint density at radius 3 is 2.37 bits per heavy atom. The summed E-state index contributed by atoms with van der Waals surface area (Å²) in [5.74, 6) is -0.113. The zero-order valence-corrected chi connectivity index (χ0v) is 12.9. The van der Waals surface area contributed by atoms with Gasteiger partial charge in [0.15, 0.2) is 0 Å². The number of amides is 1. The first-order chi connectivity index (χ1) is 8.88. The van der Waals surface area contributed by atoms with Crippen LogP contribution in [0, 0.1) is 13.8 Å². The van der Waals surface area contributed by atoms with E-state index in [0.29, 0.717) is 23.4 Å².